The van der Waals surface area contributed by atoms with Crippen molar-refractivity contribution >= 4 is 17.3 Å². The molecule has 0 unspecified atom stereocenters. The fourth-order valence-electron chi connectivity index (χ4n) is 2.30. The van der Waals surface area contributed by atoms with Gasteiger partial charge in [-0.05, 0) is 31.0 Å². The Hall–Kier alpha value is -1.79. The summed E-state index contributed by atoms with van der Waals surface area (Å²) in [6, 6.07) is 5.57. The molecule has 0 aromatic heterocycles. The molecule has 1 aromatic rings. The Labute approximate surface area is 105 Å². The number of fused-ring (bicyclic) bond motifs is 1. The predicted octanol–water partition coefficient (Wildman–Crippen LogP) is 1.04. The molecule has 3 rings (SSSR count). The molecule has 0 saturated carbocycles. The van der Waals surface area contributed by atoms with Crippen LogP contribution in [-0.2, 0) is 9.68 Å². The van der Waals surface area contributed by atoms with Gasteiger partial charge >= 0.3 is 0 Å². The van der Waals surface area contributed by atoms with Gasteiger partial charge < -0.3 is 10.5 Å². The molecule has 2 heterocycles. The third-order valence-corrected chi connectivity index (χ3v) is 3.29. The van der Waals surface area contributed by atoms with Gasteiger partial charge in [-0.1, -0.05) is 0 Å². The number of nitrogens with two attached hydrogens (primary N) is 1. The van der Waals surface area contributed by atoms with Crippen LogP contribution in [0.5, 0.6) is 0 Å². The molecule has 0 aliphatic carbocycles. The van der Waals surface area contributed by atoms with E-state index in [9.17, 15) is 4.79 Å². The monoisotopic (exact) mass is 249 g/mol. The number of carbonyl (C=O) groups excluding carboxylic acids is 1. The summed E-state index contributed by atoms with van der Waals surface area (Å²) in [5, 5.41) is 1.85. The van der Waals surface area contributed by atoms with Crippen LogP contribution < -0.4 is 16.3 Å². The Morgan fingerprint density at radius 3 is 2.89 bits per heavy atom. The van der Waals surface area contributed by atoms with E-state index >= 15 is 0 Å². The second-order valence-electron chi connectivity index (χ2n) is 4.46. The van der Waals surface area contributed by atoms with Gasteiger partial charge in [0.2, 0.25) is 5.91 Å². The standard InChI is InChI=1S/C12H15N3O3/c13-12(16)8-1-2-11-10(7-8)14-18-15(11)9-3-5-17-6-4-9/h1-2,7,9,14H,3-6H2,(H2,13,16). The predicted molar refractivity (Wildman–Crippen MR) is 66.0 cm³/mol. The smallest absolute Gasteiger partial charge is 0.248 e. The number of hydrogen-bond donors (Lipinski definition) is 2. The Morgan fingerprint density at radius 1 is 1.39 bits per heavy atom. The maximum absolute atomic E-state index is 11.1. The van der Waals surface area contributed by atoms with Crippen LogP contribution in [0.4, 0.5) is 11.4 Å². The van der Waals surface area contributed by atoms with E-state index in [2.05, 4.69) is 5.48 Å². The van der Waals surface area contributed by atoms with E-state index in [4.69, 9.17) is 15.4 Å². The first-order chi connectivity index (χ1) is 8.75. The number of hydroxylamine groups is 1. The lowest BCUT2D eigenvalue weighted by molar-refractivity contribution is 0.0503. The molecule has 1 fully saturated rings. The molecule has 0 bridgehead atoms. The van der Waals surface area contributed by atoms with Crippen LogP contribution >= 0.6 is 0 Å². The van der Waals surface area contributed by atoms with Gasteiger partial charge in [0.15, 0.2) is 0 Å². The van der Waals surface area contributed by atoms with Crippen molar-refractivity contribution in [3.05, 3.63) is 23.8 Å². The number of benzene rings is 1. The Morgan fingerprint density at radius 2 is 2.17 bits per heavy atom. The summed E-state index contributed by atoms with van der Waals surface area (Å²) in [6.45, 7) is 1.50. The van der Waals surface area contributed by atoms with Gasteiger partial charge in [0.25, 0.3) is 0 Å². The van der Waals surface area contributed by atoms with Gasteiger partial charge in [0, 0.05) is 18.8 Å². The summed E-state index contributed by atoms with van der Waals surface area (Å²) in [5.74, 6) is -0.441. The van der Waals surface area contributed by atoms with Gasteiger partial charge in [-0.3, -0.25) is 4.79 Å². The molecule has 1 aromatic carbocycles. The topological polar surface area (TPSA) is 76.8 Å². The van der Waals surface area contributed by atoms with Crippen LogP contribution in [0.1, 0.15) is 23.2 Å². The van der Waals surface area contributed by atoms with E-state index in [-0.39, 0.29) is 0 Å². The molecule has 6 heteroatoms. The number of carbonyl (C=O) groups is 1. The minimum Gasteiger partial charge on any atom is -0.381 e. The molecule has 0 radical (unpaired) electrons. The number of amides is 1. The molecule has 96 valence electrons. The van der Waals surface area contributed by atoms with Crippen molar-refractivity contribution in [1.82, 2.24) is 0 Å². The van der Waals surface area contributed by atoms with Crippen molar-refractivity contribution in [3.63, 3.8) is 0 Å². The summed E-state index contributed by atoms with van der Waals surface area (Å²) in [7, 11) is 0. The molecule has 6 nitrogen and oxygen atoms in total. The highest BCUT2D eigenvalue weighted by Gasteiger charge is 2.29. The number of anilines is 2. The molecule has 0 spiro atoms. The van der Waals surface area contributed by atoms with Gasteiger partial charge in [0.05, 0.1) is 17.4 Å². The summed E-state index contributed by atoms with van der Waals surface area (Å²) < 4.78 is 5.33. The lowest BCUT2D eigenvalue weighted by atomic mass is 10.1. The molecular formula is C12H15N3O3. The molecule has 2 aliphatic heterocycles. The number of primary amides is 1. The van der Waals surface area contributed by atoms with Crippen molar-refractivity contribution in [3.8, 4) is 0 Å². The second kappa shape index (κ2) is 4.47. The number of rotatable bonds is 2. The second-order valence-corrected chi connectivity index (χ2v) is 4.46. The van der Waals surface area contributed by atoms with E-state index in [1.165, 1.54) is 0 Å². The first-order valence-corrected chi connectivity index (χ1v) is 5.99. The quantitative estimate of drug-likeness (QED) is 0.819. The summed E-state index contributed by atoms with van der Waals surface area (Å²) >= 11 is 0. The van der Waals surface area contributed by atoms with Crippen molar-refractivity contribution in [1.29, 1.82) is 0 Å². The zero-order chi connectivity index (χ0) is 12.5. The van der Waals surface area contributed by atoms with Crippen LogP contribution in [0.2, 0.25) is 0 Å². The van der Waals surface area contributed by atoms with Crippen LogP contribution in [-0.4, -0.2) is 25.2 Å². The number of nitrogens with one attached hydrogen (secondary N) is 1. The fraction of sp³-hybridized carbons (Fsp3) is 0.417. The number of nitrogens with zero attached hydrogens (tertiary/aromatic N) is 1. The normalized spacial score (nSPS) is 19.4. The van der Waals surface area contributed by atoms with E-state index in [1.807, 2.05) is 11.1 Å². The van der Waals surface area contributed by atoms with Crippen LogP contribution in [0.15, 0.2) is 18.2 Å². The highest BCUT2D eigenvalue weighted by Crippen LogP contribution is 2.36. The molecule has 1 saturated heterocycles. The van der Waals surface area contributed by atoms with E-state index in [0.717, 1.165) is 37.4 Å². The molecular weight excluding hydrogens is 234 g/mol. The van der Waals surface area contributed by atoms with Crippen molar-refractivity contribution in [2.45, 2.75) is 18.9 Å². The third-order valence-electron chi connectivity index (χ3n) is 3.29. The van der Waals surface area contributed by atoms with Gasteiger partial charge in [0.1, 0.15) is 0 Å². The highest BCUT2D eigenvalue weighted by molar-refractivity contribution is 5.95. The van der Waals surface area contributed by atoms with Crippen molar-refractivity contribution in [2.75, 3.05) is 23.8 Å². The largest absolute Gasteiger partial charge is 0.381 e. The third kappa shape index (κ3) is 1.89. The minimum atomic E-state index is -0.441. The maximum Gasteiger partial charge on any atom is 0.248 e. The summed E-state index contributed by atoms with van der Waals surface area (Å²) in [4.78, 5) is 16.6. The maximum atomic E-state index is 11.1. The van der Waals surface area contributed by atoms with Crippen LogP contribution in [0, 0.1) is 0 Å². The summed E-state index contributed by atoms with van der Waals surface area (Å²) in [6.07, 6.45) is 1.86. The van der Waals surface area contributed by atoms with Crippen molar-refractivity contribution in [2.24, 2.45) is 5.73 Å². The van der Waals surface area contributed by atoms with E-state index in [1.54, 1.807) is 12.1 Å². The lowest BCUT2D eigenvalue weighted by Gasteiger charge is -2.29. The lowest BCUT2D eigenvalue weighted by Crippen LogP contribution is -2.37. The molecule has 3 N–H and O–H groups in total. The SMILES string of the molecule is NC(=O)c1ccc2c(c1)NON2C1CCOCC1. The molecule has 1 amide bonds. The Kier molecular flexibility index (Phi) is 2.81. The van der Waals surface area contributed by atoms with Gasteiger partial charge in [-0.2, -0.15) is 4.94 Å². The van der Waals surface area contributed by atoms with Crippen molar-refractivity contribution < 1.29 is 14.5 Å². The number of ether oxygens (including phenoxy) is 1. The van der Waals surface area contributed by atoms with Gasteiger partial charge in [-0.15, -0.1) is 0 Å². The molecule has 0 atom stereocenters. The van der Waals surface area contributed by atoms with Crippen LogP contribution in [0.3, 0.4) is 0 Å². The molecule has 2 aliphatic rings. The Balaban J connectivity index is 1.85. The van der Waals surface area contributed by atoms with E-state index in [0.29, 0.717) is 11.6 Å². The highest BCUT2D eigenvalue weighted by atomic mass is 16.8. The first kappa shape index (κ1) is 11.3. The minimum absolute atomic E-state index is 0.298. The summed E-state index contributed by atoms with van der Waals surface area (Å²) in [5.41, 5.74) is 10.3. The van der Waals surface area contributed by atoms with Gasteiger partial charge in [-0.25, -0.2) is 10.5 Å². The zero-order valence-electron chi connectivity index (χ0n) is 9.89. The Bertz CT molecular complexity index is 472. The van der Waals surface area contributed by atoms with Crippen LogP contribution in [0.25, 0.3) is 0 Å². The van der Waals surface area contributed by atoms with E-state index < -0.39 is 5.91 Å². The average Bonchev–Trinajstić information content (AvgIpc) is 2.82. The zero-order valence-corrected chi connectivity index (χ0v) is 9.89. The number of hydrogen-bond acceptors (Lipinski definition) is 5. The first-order valence-electron chi connectivity index (χ1n) is 5.99. The average molecular weight is 249 g/mol. The molecule has 18 heavy (non-hydrogen) atoms. The fourth-order valence-corrected chi connectivity index (χ4v) is 2.30.